The first-order valence-electron chi connectivity index (χ1n) is 6.68. The first-order chi connectivity index (χ1) is 9.68. The molecular weight excluding hydrogens is 246 g/mol. The third-order valence-corrected chi connectivity index (χ3v) is 3.65. The van der Waals surface area contributed by atoms with Gasteiger partial charge in [0.2, 0.25) is 0 Å². The molecule has 3 aromatic rings. The SMILES string of the molecule is CC(C)(c1ccc(-c2ccccc2)cn1)n1ccnc1. The molecule has 100 valence electrons. The molecular formula is C17H17N3. The lowest BCUT2D eigenvalue weighted by Gasteiger charge is -2.26. The third-order valence-electron chi connectivity index (χ3n) is 3.65. The van der Waals surface area contributed by atoms with Crippen LogP contribution in [-0.4, -0.2) is 14.5 Å². The number of hydrogen-bond acceptors (Lipinski definition) is 2. The summed E-state index contributed by atoms with van der Waals surface area (Å²) in [6, 6.07) is 14.5. The van der Waals surface area contributed by atoms with Crippen LogP contribution >= 0.6 is 0 Å². The van der Waals surface area contributed by atoms with Gasteiger partial charge in [-0.15, -0.1) is 0 Å². The number of nitrogens with zero attached hydrogens (tertiary/aromatic N) is 3. The van der Waals surface area contributed by atoms with Crippen molar-refractivity contribution >= 4 is 0 Å². The second-order valence-corrected chi connectivity index (χ2v) is 5.33. The van der Waals surface area contributed by atoms with E-state index >= 15 is 0 Å². The molecule has 0 fully saturated rings. The minimum atomic E-state index is -0.203. The smallest absolute Gasteiger partial charge is 0.0954 e. The Bertz CT molecular complexity index is 668. The Hall–Kier alpha value is -2.42. The van der Waals surface area contributed by atoms with Gasteiger partial charge in [0.25, 0.3) is 0 Å². The summed E-state index contributed by atoms with van der Waals surface area (Å²) in [5, 5.41) is 0. The Balaban J connectivity index is 1.94. The second kappa shape index (κ2) is 4.93. The molecule has 0 atom stereocenters. The van der Waals surface area contributed by atoms with E-state index in [0.717, 1.165) is 11.3 Å². The van der Waals surface area contributed by atoms with Crippen molar-refractivity contribution in [3.8, 4) is 11.1 Å². The normalized spacial score (nSPS) is 11.5. The van der Waals surface area contributed by atoms with Crippen LogP contribution in [0.25, 0.3) is 11.1 Å². The van der Waals surface area contributed by atoms with Gasteiger partial charge < -0.3 is 4.57 Å². The molecule has 20 heavy (non-hydrogen) atoms. The van der Waals surface area contributed by atoms with E-state index in [-0.39, 0.29) is 5.54 Å². The highest BCUT2D eigenvalue weighted by molar-refractivity contribution is 5.62. The summed E-state index contributed by atoms with van der Waals surface area (Å²) >= 11 is 0. The summed E-state index contributed by atoms with van der Waals surface area (Å²) in [5.41, 5.74) is 3.14. The minimum Gasteiger partial charge on any atom is -0.326 e. The summed E-state index contributed by atoms with van der Waals surface area (Å²) < 4.78 is 2.07. The summed E-state index contributed by atoms with van der Waals surface area (Å²) in [7, 11) is 0. The van der Waals surface area contributed by atoms with Crippen LogP contribution in [0.5, 0.6) is 0 Å². The predicted molar refractivity (Wildman–Crippen MR) is 80.3 cm³/mol. The van der Waals surface area contributed by atoms with Crippen LogP contribution < -0.4 is 0 Å². The van der Waals surface area contributed by atoms with E-state index in [4.69, 9.17) is 0 Å². The molecule has 3 heteroatoms. The molecule has 2 aromatic heterocycles. The fraction of sp³-hybridized carbons (Fsp3) is 0.176. The maximum absolute atomic E-state index is 4.63. The van der Waals surface area contributed by atoms with E-state index in [9.17, 15) is 0 Å². The van der Waals surface area contributed by atoms with Gasteiger partial charge in [-0.3, -0.25) is 4.98 Å². The summed E-state index contributed by atoms with van der Waals surface area (Å²) in [6.45, 7) is 4.28. The molecule has 0 N–H and O–H groups in total. The van der Waals surface area contributed by atoms with Gasteiger partial charge in [-0.1, -0.05) is 36.4 Å². The number of rotatable bonds is 3. The van der Waals surface area contributed by atoms with Gasteiger partial charge in [0.05, 0.1) is 17.6 Å². The lowest BCUT2D eigenvalue weighted by Crippen LogP contribution is -2.27. The van der Waals surface area contributed by atoms with Crippen molar-refractivity contribution in [2.75, 3.05) is 0 Å². The molecule has 0 aliphatic rings. The maximum atomic E-state index is 4.63. The highest BCUT2D eigenvalue weighted by Gasteiger charge is 2.23. The molecule has 0 spiro atoms. The van der Waals surface area contributed by atoms with Gasteiger partial charge in [0.15, 0.2) is 0 Å². The zero-order chi connectivity index (χ0) is 14.0. The van der Waals surface area contributed by atoms with Gasteiger partial charge in [-0.25, -0.2) is 4.98 Å². The first-order valence-corrected chi connectivity index (χ1v) is 6.68. The van der Waals surface area contributed by atoms with Crippen LogP contribution in [0.2, 0.25) is 0 Å². The van der Waals surface area contributed by atoms with Crippen LogP contribution in [0, 0.1) is 0 Å². The van der Waals surface area contributed by atoms with E-state index in [1.54, 1.807) is 6.20 Å². The Labute approximate surface area is 118 Å². The Morgan fingerprint density at radius 1 is 0.950 bits per heavy atom. The largest absolute Gasteiger partial charge is 0.326 e. The second-order valence-electron chi connectivity index (χ2n) is 5.33. The fourth-order valence-corrected chi connectivity index (χ4v) is 2.28. The van der Waals surface area contributed by atoms with Crippen molar-refractivity contribution in [2.45, 2.75) is 19.4 Å². The minimum absolute atomic E-state index is 0.203. The molecule has 2 heterocycles. The number of imidazole rings is 1. The highest BCUT2D eigenvalue weighted by Crippen LogP contribution is 2.25. The van der Waals surface area contributed by atoms with Gasteiger partial charge in [-0.05, 0) is 25.5 Å². The van der Waals surface area contributed by atoms with E-state index in [1.165, 1.54) is 5.56 Å². The average Bonchev–Trinajstić information content (AvgIpc) is 3.03. The number of pyridine rings is 1. The average molecular weight is 263 g/mol. The number of hydrogen-bond donors (Lipinski definition) is 0. The fourth-order valence-electron chi connectivity index (χ4n) is 2.28. The molecule has 3 rings (SSSR count). The number of aromatic nitrogens is 3. The quantitative estimate of drug-likeness (QED) is 0.721. The molecule has 0 saturated heterocycles. The topological polar surface area (TPSA) is 30.7 Å². The summed E-state index contributed by atoms with van der Waals surface area (Å²) in [4.78, 5) is 8.75. The Kier molecular flexibility index (Phi) is 3.11. The zero-order valence-electron chi connectivity index (χ0n) is 11.7. The van der Waals surface area contributed by atoms with E-state index in [1.807, 2.05) is 36.9 Å². The van der Waals surface area contributed by atoms with Crippen LogP contribution in [-0.2, 0) is 5.54 Å². The van der Waals surface area contributed by atoms with E-state index < -0.39 is 0 Å². The van der Waals surface area contributed by atoms with Crippen molar-refractivity contribution in [3.63, 3.8) is 0 Å². The first kappa shape index (κ1) is 12.6. The summed E-state index contributed by atoms with van der Waals surface area (Å²) in [6.07, 6.45) is 7.52. The molecule has 0 amide bonds. The summed E-state index contributed by atoms with van der Waals surface area (Å²) in [5.74, 6) is 0. The zero-order valence-corrected chi connectivity index (χ0v) is 11.7. The maximum Gasteiger partial charge on any atom is 0.0954 e. The van der Waals surface area contributed by atoms with Crippen molar-refractivity contribution in [1.29, 1.82) is 0 Å². The molecule has 0 aliphatic heterocycles. The molecule has 0 saturated carbocycles. The van der Waals surface area contributed by atoms with E-state index in [0.29, 0.717) is 0 Å². The predicted octanol–water partition coefficient (Wildman–Crippen LogP) is 3.73. The van der Waals surface area contributed by atoms with Gasteiger partial charge in [0, 0.05) is 24.2 Å². The van der Waals surface area contributed by atoms with Crippen LogP contribution in [0.15, 0.2) is 67.4 Å². The number of benzene rings is 1. The Morgan fingerprint density at radius 2 is 1.75 bits per heavy atom. The third kappa shape index (κ3) is 2.23. The monoisotopic (exact) mass is 263 g/mol. The highest BCUT2D eigenvalue weighted by atomic mass is 15.1. The molecule has 0 radical (unpaired) electrons. The van der Waals surface area contributed by atoms with Gasteiger partial charge in [-0.2, -0.15) is 0 Å². The lowest BCUT2D eigenvalue weighted by molar-refractivity contribution is 0.423. The van der Waals surface area contributed by atoms with Crippen molar-refractivity contribution in [3.05, 3.63) is 73.1 Å². The van der Waals surface area contributed by atoms with Crippen LogP contribution in [0.3, 0.4) is 0 Å². The molecule has 1 aromatic carbocycles. The van der Waals surface area contributed by atoms with Crippen molar-refractivity contribution in [2.24, 2.45) is 0 Å². The van der Waals surface area contributed by atoms with Crippen LogP contribution in [0.1, 0.15) is 19.5 Å². The van der Waals surface area contributed by atoms with Crippen LogP contribution in [0.4, 0.5) is 0 Å². The lowest BCUT2D eigenvalue weighted by atomic mass is 9.98. The van der Waals surface area contributed by atoms with Crippen molar-refractivity contribution < 1.29 is 0 Å². The van der Waals surface area contributed by atoms with Crippen molar-refractivity contribution in [1.82, 2.24) is 14.5 Å². The van der Waals surface area contributed by atoms with Gasteiger partial charge in [0.1, 0.15) is 0 Å². The molecule has 0 bridgehead atoms. The van der Waals surface area contributed by atoms with E-state index in [2.05, 4.69) is 52.6 Å². The molecule has 3 nitrogen and oxygen atoms in total. The molecule has 0 unspecified atom stereocenters. The molecule has 0 aliphatic carbocycles. The standard InChI is InChI=1S/C17H17N3/c1-17(2,20-11-10-18-13-20)16-9-8-15(12-19-16)14-6-4-3-5-7-14/h3-13H,1-2H3. The Morgan fingerprint density at radius 3 is 2.35 bits per heavy atom. The van der Waals surface area contributed by atoms with Gasteiger partial charge >= 0.3 is 0 Å².